The highest BCUT2D eigenvalue weighted by Crippen LogP contribution is 2.25. The number of ether oxygens (including phenoxy) is 1. The third-order valence-corrected chi connectivity index (χ3v) is 4.81. The van der Waals surface area contributed by atoms with Crippen molar-refractivity contribution in [1.82, 2.24) is 15.5 Å². The molecule has 1 amide bonds. The second-order valence-electron chi connectivity index (χ2n) is 5.93. The van der Waals surface area contributed by atoms with E-state index in [0.717, 1.165) is 16.8 Å². The molecule has 0 unspecified atom stereocenters. The van der Waals surface area contributed by atoms with E-state index in [-0.39, 0.29) is 18.2 Å². The van der Waals surface area contributed by atoms with E-state index in [2.05, 4.69) is 15.5 Å². The van der Waals surface area contributed by atoms with E-state index in [9.17, 15) is 4.79 Å². The number of hydrogen-bond donors (Lipinski definition) is 1. The number of fused-ring (bicyclic) bond motifs is 1. The molecule has 0 saturated heterocycles. The van der Waals surface area contributed by atoms with Crippen LogP contribution in [-0.2, 0) is 11.3 Å². The van der Waals surface area contributed by atoms with Crippen molar-refractivity contribution >= 4 is 28.8 Å². The van der Waals surface area contributed by atoms with E-state index in [1.54, 1.807) is 13.2 Å². The Balaban J connectivity index is 1.30. The van der Waals surface area contributed by atoms with Gasteiger partial charge in [-0.2, -0.15) is 0 Å². The minimum atomic E-state index is -0.141. The molecule has 0 aliphatic carbocycles. The molecule has 2 heterocycles. The quantitative estimate of drug-likeness (QED) is 0.475. The number of carbonyl (C=O) groups is 1. The van der Waals surface area contributed by atoms with Crippen LogP contribution in [0.1, 0.15) is 5.69 Å². The number of hydrogen-bond acceptors (Lipinski definition) is 7. The van der Waals surface area contributed by atoms with Crippen LogP contribution in [0.2, 0.25) is 0 Å². The monoisotopic (exact) mass is 395 g/mol. The lowest BCUT2D eigenvalue weighted by Gasteiger charge is -2.01. The minimum absolute atomic E-state index is 0.141. The molecule has 4 aromatic rings. The van der Waals surface area contributed by atoms with Crippen molar-refractivity contribution in [3.8, 4) is 17.1 Å². The first-order valence-corrected chi connectivity index (χ1v) is 9.55. The zero-order valence-electron chi connectivity index (χ0n) is 15.0. The van der Waals surface area contributed by atoms with E-state index >= 15 is 0 Å². The molecule has 0 fully saturated rings. The van der Waals surface area contributed by atoms with Gasteiger partial charge in [-0.25, -0.2) is 4.98 Å². The van der Waals surface area contributed by atoms with E-state index < -0.39 is 0 Å². The summed E-state index contributed by atoms with van der Waals surface area (Å²) in [6.07, 6.45) is 0. The van der Waals surface area contributed by atoms with Crippen molar-refractivity contribution in [2.24, 2.45) is 0 Å². The van der Waals surface area contributed by atoms with Gasteiger partial charge < -0.3 is 19.0 Å². The van der Waals surface area contributed by atoms with Gasteiger partial charge in [-0.1, -0.05) is 41.2 Å². The van der Waals surface area contributed by atoms with Crippen molar-refractivity contribution in [2.75, 3.05) is 12.9 Å². The smallest absolute Gasteiger partial charge is 0.257 e. The summed E-state index contributed by atoms with van der Waals surface area (Å²) in [6.45, 7) is 0.278. The molecule has 0 saturated carbocycles. The molecule has 7 nitrogen and oxygen atoms in total. The Morgan fingerprint density at radius 3 is 2.93 bits per heavy atom. The maximum atomic E-state index is 12.1. The summed E-state index contributed by atoms with van der Waals surface area (Å²) in [6, 6.07) is 16.8. The van der Waals surface area contributed by atoms with Crippen LogP contribution >= 0.6 is 11.8 Å². The summed E-state index contributed by atoms with van der Waals surface area (Å²) in [7, 11) is 1.61. The Labute approximate surface area is 165 Å². The Bertz CT molecular complexity index is 1070. The maximum Gasteiger partial charge on any atom is 0.257 e. The molecule has 4 rings (SSSR count). The topological polar surface area (TPSA) is 90.4 Å². The molecule has 0 spiro atoms. The van der Waals surface area contributed by atoms with Crippen molar-refractivity contribution in [1.29, 1.82) is 0 Å². The lowest BCUT2D eigenvalue weighted by atomic mass is 10.1. The Morgan fingerprint density at radius 1 is 1.18 bits per heavy atom. The minimum Gasteiger partial charge on any atom is -0.497 e. The molecule has 2 aromatic heterocycles. The predicted molar refractivity (Wildman–Crippen MR) is 105 cm³/mol. The van der Waals surface area contributed by atoms with Crippen molar-refractivity contribution in [3.63, 3.8) is 0 Å². The number of aromatic nitrogens is 2. The molecule has 0 radical (unpaired) electrons. The summed E-state index contributed by atoms with van der Waals surface area (Å²) in [5.74, 6) is 1.41. The second-order valence-corrected chi connectivity index (χ2v) is 6.85. The zero-order valence-corrected chi connectivity index (χ0v) is 15.9. The van der Waals surface area contributed by atoms with Crippen LogP contribution in [-0.4, -0.2) is 28.9 Å². The molecule has 142 valence electrons. The molecule has 0 aliphatic rings. The number of oxazole rings is 1. The van der Waals surface area contributed by atoms with Crippen LogP contribution in [0.25, 0.3) is 22.4 Å². The van der Waals surface area contributed by atoms with Gasteiger partial charge >= 0.3 is 0 Å². The van der Waals surface area contributed by atoms with Crippen LogP contribution < -0.4 is 10.1 Å². The van der Waals surface area contributed by atoms with Crippen LogP contribution in [0.15, 0.2) is 68.8 Å². The third kappa shape index (κ3) is 4.17. The number of benzene rings is 2. The van der Waals surface area contributed by atoms with Gasteiger partial charge in [-0.15, -0.1) is 0 Å². The fraction of sp³-hybridized carbons (Fsp3) is 0.150. The van der Waals surface area contributed by atoms with Gasteiger partial charge in [0.05, 0.1) is 19.4 Å². The molecular formula is C20H17N3O4S. The highest BCUT2D eigenvalue weighted by Gasteiger charge is 2.11. The second kappa shape index (κ2) is 8.18. The highest BCUT2D eigenvalue weighted by atomic mass is 32.2. The molecule has 28 heavy (non-hydrogen) atoms. The summed E-state index contributed by atoms with van der Waals surface area (Å²) < 4.78 is 16.2. The number of carbonyl (C=O) groups excluding carboxylic acids is 1. The number of nitrogens with one attached hydrogen (secondary N) is 1. The van der Waals surface area contributed by atoms with Crippen molar-refractivity contribution in [2.45, 2.75) is 11.8 Å². The normalized spacial score (nSPS) is 10.9. The van der Waals surface area contributed by atoms with Gasteiger partial charge in [-0.3, -0.25) is 4.79 Å². The van der Waals surface area contributed by atoms with Crippen LogP contribution in [0.4, 0.5) is 0 Å². The van der Waals surface area contributed by atoms with Crippen LogP contribution in [0.5, 0.6) is 5.75 Å². The molecule has 0 atom stereocenters. The number of para-hydroxylation sites is 2. The lowest BCUT2D eigenvalue weighted by Crippen LogP contribution is -2.24. The van der Waals surface area contributed by atoms with Gasteiger partial charge in [0, 0.05) is 11.6 Å². The van der Waals surface area contributed by atoms with E-state index in [1.165, 1.54) is 11.8 Å². The average molecular weight is 395 g/mol. The largest absolute Gasteiger partial charge is 0.497 e. The van der Waals surface area contributed by atoms with E-state index in [0.29, 0.717) is 22.3 Å². The number of methoxy groups -OCH3 is 1. The van der Waals surface area contributed by atoms with Crippen LogP contribution in [0, 0.1) is 0 Å². The summed E-state index contributed by atoms with van der Waals surface area (Å²) in [5, 5.41) is 7.28. The van der Waals surface area contributed by atoms with Gasteiger partial charge in [0.15, 0.2) is 11.3 Å². The molecule has 2 aromatic carbocycles. The zero-order chi connectivity index (χ0) is 19.3. The first kappa shape index (κ1) is 18.1. The predicted octanol–water partition coefficient (Wildman–Crippen LogP) is 3.90. The fourth-order valence-corrected chi connectivity index (χ4v) is 3.26. The molecule has 0 bridgehead atoms. The summed E-state index contributed by atoms with van der Waals surface area (Å²) in [5.41, 5.74) is 2.98. The highest BCUT2D eigenvalue weighted by molar-refractivity contribution is 7.99. The summed E-state index contributed by atoms with van der Waals surface area (Å²) in [4.78, 5) is 16.4. The number of nitrogens with zero attached hydrogens (tertiary/aromatic N) is 2. The fourth-order valence-electron chi connectivity index (χ4n) is 2.59. The molecule has 0 aliphatic heterocycles. The molecule has 1 N–H and O–H groups in total. The number of thioether (sulfide) groups is 1. The van der Waals surface area contributed by atoms with E-state index in [4.69, 9.17) is 13.7 Å². The van der Waals surface area contributed by atoms with Gasteiger partial charge in [0.1, 0.15) is 17.0 Å². The number of rotatable bonds is 7. The average Bonchev–Trinajstić information content (AvgIpc) is 3.37. The standard InChI is InChI=1S/C20H17N3O4S/c1-25-15-6-4-5-13(9-15)18-10-14(23-27-18)11-21-19(24)12-28-20-22-16-7-2-3-8-17(16)26-20/h2-10H,11-12H2,1H3,(H,21,24). The maximum absolute atomic E-state index is 12.1. The Morgan fingerprint density at radius 2 is 2.07 bits per heavy atom. The molecular weight excluding hydrogens is 378 g/mol. The Kier molecular flexibility index (Phi) is 5.29. The lowest BCUT2D eigenvalue weighted by molar-refractivity contribution is -0.118. The van der Waals surface area contributed by atoms with E-state index in [1.807, 2.05) is 48.5 Å². The molecule has 8 heteroatoms. The van der Waals surface area contributed by atoms with Gasteiger partial charge in [0.25, 0.3) is 5.22 Å². The van der Waals surface area contributed by atoms with Crippen LogP contribution in [0.3, 0.4) is 0 Å². The van der Waals surface area contributed by atoms with Gasteiger partial charge in [0.2, 0.25) is 5.91 Å². The third-order valence-electron chi connectivity index (χ3n) is 3.98. The first-order valence-electron chi connectivity index (χ1n) is 8.56. The summed E-state index contributed by atoms with van der Waals surface area (Å²) >= 11 is 1.25. The SMILES string of the molecule is COc1cccc(-c2cc(CNC(=O)CSc3nc4ccccc4o3)no2)c1. The first-order chi connectivity index (χ1) is 13.7. The van der Waals surface area contributed by atoms with Gasteiger partial charge in [-0.05, 0) is 24.3 Å². The number of amides is 1. The Hall–Kier alpha value is -3.26. The van der Waals surface area contributed by atoms with Crippen molar-refractivity contribution in [3.05, 3.63) is 60.3 Å². The van der Waals surface area contributed by atoms with Crippen molar-refractivity contribution < 1.29 is 18.5 Å².